The predicted molar refractivity (Wildman–Crippen MR) is 275 cm³/mol. The molecule has 0 radical (unpaired) electrons. The van der Waals surface area contributed by atoms with Crippen LogP contribution in [0.5, 0.6) is 11.5 Å². The second kappa shape index (κ2) is 22.2. The number of nitriles is 1. The van der Waals surface area contributed by atoms with Gasteiger partial charge in [0.15, 0.2) is 20.2 Å². The van der Waals surface area contributed by atoms with Crippen LogP contribution >= 0.6 is 8.53 Å². The van der Waals surface area contributed by atoms with Gasteiger partial charge in [-0.15, -0.1) is 0 Å². The lowest BCUT2D eigenvalue weighted by Gasteiger charge is -2.43. The monoisotopic (exact) mass is 970 g/mol. The molecule has 0 aliphatic carbocycles. The number of imidazole rings is 1. The van der Waals surface area contributed by atoms with Gasteiger partial charge in [0.05, 0.1) is 63.6 Å². The van der Waals surface area contributed by atoms with Crippen molar-refractivity contribution in [1.29, 1.82) is 5.26 Å². The molecular weight excluding hydrogens is 904 g/mol. The van der Waals surface area contributed by atoms with Crippen LogP contribution in [0.1, 0.15) is 89.1 Å². The van der Waals surface area contributed by atoms with Crippen LogP contribution in [-0.2, 0) is 24.0 Å². The van der Waals surface area contributed by atoms with E-state index in [-0.39, 0.29) is 30.1 Å². The standard InChI is InChI=1S/C54H67N6O7PSi/c1-37(2)60(38(3)4)68(61)66-46(32-33-55)48-47(34-64-54(40-20-16-13-17-21-40,41-23-27-43(62-8)28-24-41)42-25-29-44(63-9)30-26-42)65-52(50(48)67-69(10,11)53(5,6)7)59-36-58-49-45(56-35-57-51(49)59)31-22-39-18-14-12-15-19-39/h12-31,35-38,46-48,50,52,61H,32,34H2,1-11H3/b31-22+/t46?,47-,48+,50+,52+,68?/m0/s1. The molecule has 1 fully saturated rings. The Balaban J connectivity index is 1.42. The van der Waals surface area contributed by atoms with Crippen molar-refractivity contribution in [3.05, 3.63) is 150 Å². The fourth-order valence-electron chi connectivity index (χ4n) is 8.93. The molecule has 364 valence electrons. The highest BCUT2D eigenvalue weighted by Crippen LogP contribution is 2.51. The first-order chi connectivity index (χ1) is 33.0. The molecule has 2 unspecified atom stereocenters. The van der Waals surface area contributed by atoms with Crippen LogP contribution in [0.2, 0.25) is 18.1 Å². The first kappa shape index (κ1) is 51.5. The number of rotatable bonds is 20. The largest absolute Gasteiger partial charge is 0.497 e. The molecule has 0 amide bonds. The van der Waals surface area contributed by atoms with Crippen molar-refractivity contribution in [3.8, 4) is 17.6 Å². The van der Waals surface area contributed by atoms with Crippen LogP contribution in [0.4, 0.5) is 0 Å². The van der Waals surface area contributed by atoms with Crippen LogP contribution < -0.4 is 9.47 Å². The van der Waals surface area contributed by atoms with Gasteiger partial charge in [0.1, 0.15) is 28.9 Å². The van der Waals surface area contributed by atoms with Gasteiger partial charge in [-0.25, -0.2) is 19.6 Å². The highest BCUT2D eigenvalue weighted by Gasteiger charge is 2.55. The number of benzene rings is 4. The minimum atomic E-state index is -2.65. The van der Waals surface area contributed by atoms with E-state index in [0.29, 0.717) is 28.4 Å². The molecule has 7 rings (SSSR count). The van der Waals surface area contributed by atoms with Gasteiger partial charge < -0.3 is 32.8 Å². The fourth-order valence-corrected chi connectivity index (χ4v) is 11.6. The number of fused-ring (bicyclic) bond motifs is 1. The van der Waals surface area contributed by atoms with E-state index in [2.05, 4.69) is 57.1 Å². The zero-order chi connectivity index (χ0) is 49.5. The first-order valence-corrected chi connectivity index (χ1v) is 27.6. The maximum Gasteiger partial charge on any atom is 0.256 e. The summed E-state index contributed by atoms with van der Waals surface area (Å²) < 4.78 is 44.5. The normalized spacial score (nSPS) is 18.9. The quantitative estimate of drug-likeness (QED) is 0.0441. The molecule has 1 saturated heterocycles. The third kappa shape index (κ3) is 11.2. The Labute approximate surface area is 410 Å². The smallest absolute Gasteiger partial charge is 0.256 e. The van der Waals surface area contributed by atoms with Gasteiger partial charge >= 0.3 is 0 Å². The highest BCUT2D eigenvalue weighted by molar-refractivity contribution is 7.43. The maximum atomic E-state index is 12.1. The zero-order valence-corrected chi connectivity index (χ0v) is 43.6. The van der Waals surface area contributed by atoms with E-state index < -0.39 is 52.9 Å². The van der Waals surface area contributed by atoms with Gasteiger partial charge in [0.25, 0.3) is 8.53 Å². The zero-order valence-electron chi connectivity index (χ0n) is 41.7. The Kier molecular flexibility index (Phi) is 16.6. The van der Waals surface area contributed by atoms with E-state index in [1.165, 1.54) is 6.33 Å². The molecule has 1 aliphatic rings. The third-order valence-corrected chi connectivity index (χ3v) is 19.6. The molecule has 0 spiro atoms. The van der Waals surface area contributed by atoms with E-state index in [9.17, 15) is 10.2 Å². The molecule has 1 N–H and O–H groups in total. The summed E-state index contributed by atoms with van der Waals surface area (Å²) >= 11 is 0. The van der Waals surface area contributed by atoms with Crippen molar-refractivity contribution in [2.75, 3.05) is 20.8 Å². The average Bonchev–Trinajstić information content (AvgIpc) is 3.92. The van der Waals surface area contributed by atoms with Crippen molar-refractivity contribution >= 4 is 40.2 Å². The fraction of sp³-hybridized carbons (Fsp3) is 0.407. The SMILES string of the molecule is COc1ccc(C(OC[C@@H]2O[C@@H](n3cnc4c(/C=C/c5ccccc5)ncnc43)[C@H](O[Si](C)(C)C(C)(C)C)[C@@H]2C(CC#N)OP(O)N(C(C)C)C(C)C)(c2ccccc2)c2ccc(OC)cc2)cc1. The topological polar surface area (TPSA) is 146 Å². The molecule has 69 heavy (non-hydrogen) atoms. The lowest BCUT2D eigenvalue weighted by atomic mass is 9.79. The predicted octanol–water partition coefficient (Wildman–Crippen LogP) is 11.6. The summed E-state index contributed by atoms with van der Waals surface area (Å²) in [4.78, 5) is 26.4. The minimum absolute atomic E-state index is 0.00484. The second-order valence-electron chi connectivity index (χ2n) is 19.5. The van der Waals surface area contributed by atoms with Crippen LogP contribution in [-0.4, -0.2) is 88.6 Å². The molecule has 15 heteroatoms. The van der Waals surface area contributed by atoms with E-state index in [1.54, 1.807) is 20.5 Å². The van der Waals surface area contributed by atoms with Crippen molar-refractivity contribution in [2.24, 2.45) is 5.92 Å². The lowest BCUT2D eigenvalue weighted by molar-refractivity contribution is -0.0924. The molecule has 2 aromatic heterocycles. The summed E-state index contributed by atoms with van der Waals surface area (Å²) in [5.74, 6) is 0.748. The van der Waals surface area contributed by atoms with Gasteiger partial charge in [-0.3, -0.25) is 4.57 Å². The number of hydrogen-bond donors (Lipinski definition) is 1. The van der Waals surface area contributed by atoms with Crippen LogP contribution in [0.25, 0.3) is 23.3 Å². The summed E-state index contributed by atoms with van der Waals surface area (Å²) in [7, 11) is -1.54. The van der Waals surface area contributed by atoms with Gasteiger partial charge in [-0.1, -0.05) is 112 Å². The number of aromatic nitrogens is 4. The second-order valence-corrected chi connectivity index (χ2v) is 25.4. The Hall–Kier alpha value is -5.33. The van der Waals surface area contributed by atoms with Gasteiger partial charge in [-0.2, -0.15) is 5.26 Å². The van der Waals surface area contributed by atoms with E-state index >= 15 is 0 Å². The highest BCUT2D eigenvalue weighted by atomic mass is 31.2. The number of hydrogen-bond acceptors (Lipinski definition) is 12. The molecule has 3 heterocycles. The maximum absolute atomic E-state index is 12.1. The Bertz CT molecular complexity index is 2600. The molecule has 0 saturated carbocycles. The Morgan fingerprint density at radius 2 is 1.38 bits per heavy atom. The summed E-state index contributed by atoms with van der Waals surface area (Å²) in [6.07, 6.45) is 3.97. The average molecular weight is 971 g/mol. The van der Waals surface area contributed by atoms with Crippen LogP contribution in [0.15, 0.2) is 122 Å². The summed E-state index contributed by atoms with van der Waals surface area (Å²) in [6.45, 7) is 19.1. The molecule has 6 aromatic rings. The summed E-state index contributed by atoms with van der Waals surface area (Å²) in [5, 5.41) is 10.4. The van der Waals surface area contributed by atoms with E-state index in [1.807, 2.05) is 146 Å². The molecule has 0 bridgehead atoms. The Morgan fingerprint density at radius 3 is 1.91 bits per heavy atom. The summed E-state index contributed by atoms with van der Waals surface area (Å²) in [6, 6.07) is 38.2. The first-order valence-electron chi connectivity index (χ1n) is 23.6. The lowest BCUT2D eigenvalue weighted by Crippen LogP contribution is -2.50. The number of methoxy groups -OCH3 is 2. The summed E-state index contributed by atoms with van der Waals surface area (Å²) in [5.41, 5.74) is 4.18. The molecule has 1 aliphatic heterocycles. The molecule has 4 aromatic carbocycles. The van der Waals surface area contributed by atoms with Crippen LogP contribution in [0.3, 0.4) is 0 Å². The third-order valence-electron chi connectivity index (χ3n) is 13.4. The molecular formula is C54H67N6O7PSi. The number of ether oxygens (including phenoxy) is 4. The van der Waals surface area contributed by atoms with Gasteiger partial charge in [-0.05, 0) is 98.4 Å². The van der Waals surface area contributed by atoms with E-state index in [4.69, 9.17) is 37.9 Å². The van der Waals surface area contributed by atoms with Gasteiger partial charge in [0, 0.05) is 18.0 Å². The minimum Gasteiger partial charge on any atom is -0.497 e. The molecule has 13 nitrogen and oxygen atoms in total. The van der Waals surface area contributed by atoms with Crippen molar-refractivity contribution in [1.82, 2.24) is 24.2 Å². The van der Waals surface area contributed by atoms with Crippen LogP contribution in [0, 0.1) is 17.2 Å². The van der Waals surface area contributed by atoms with Crippen molar-refractivity contribution in [2.45, 2.75) is 115 Å². The van der Waals surface area contributed by atoms with Crippen molar-refractivity contribution < 1.29 is 32.8 Å². The Morgan fingerprint density at radius 1 is 0.812 bits per heavy atom. The van der Waals surface area contributed by atoms with Crippen molar-refractivity contribution in [3.63, 3.8) is 0 Å². The van der Waals surface area contributed by atoms with E-state index in [0.717, 1.165) is 22.3 Å². The molecule has 6 atom stereocenters. The van der Waals surface area contributed by atoms with Gasteiger partial charge in [0.2, 0.25) is 0 Å². The number of nitrogens with zero attached hydrogens (tertiary/aromatic N) is 6.